The predicted octanol–water partition coefficient (Wildman–Crippen LogP) is 4.28. The molecule has 1 aromatic carbocycles. The fourth-order valence-corrected chi connectivity index (χ4v) is 1.79. The van der Waals surface area contributed by atoms with Crippen LogP contribution in [0.1, 0.15) is 18.4 Å². The van der Waals surface area contributed by atoms with Gasteiger partial charge in [0.1, 0.15) is 5.83 Å². The molecule has 1 aromatic rings. The van der Waals surface area contributed by atoms with E-state index >= 15 is 0 Å². The van der Waals surface area contributed by atoms with Gasteiger partial charge in [-0.25, -0.2) is 4.39 Å². The van der Waals surface area contributed by atoms with Gasteiger partial charge < -0.3 is 0 Å². The minimum absolute atomic E-state index is 0.250. The lowest BCUT2D eigenvalue weighted by Gasteiger charge is -2.11. The van der Waals surface area contributed by atoms with Crippen molar-refractivity contribution < 1.29 is 4.39 Å². The van der Waals surface area contributed by atoms with Gasteiger partial charge in [-0.2, -0.15) is 0 Å². The zero-order chi connectivity index (χ0) is 11.5. The summed E-state index contributed by atoms with van der Waals surface area (Å²) < 4.78 is 13.0. The molecule has 0 heterocycles. The number of halogens is 2. The van der Waals surface area contributed by atoms with E-state index in [-0.39, 0.29) is 5.83 Å². The molecule has 1 nitrogen and oxygen atoms in total. The highest BCUT2D eigenvalue weighted by atomic mass is 35.5. The van der Waals surface area contributed by atoms with Crippen LogP contribution in [-0.4, -0.2) is 5.71 Å². The maximum absolute atomic E-state index is 13.0. The average Bonchev–Trinajstić information content (AvgIpc) is 2.29. The molecule has 0 saturated carbocycles. The van der Waals surface area contributed by atoms with E-state index < -0.39 is 0 Å². The van der Waals surface area contributed by atoms with E-state index in [0.29, 0.717) is 17.2 Å². The van der Waals surface area contributed by atoms with Crippen molar-refractivity contribution in [1.82, 2.24) is 0 Å². The van der Waals surface area contributed by atoms with Crippen molar-refractivity contribution in [3.05, 3.63) is 58.4 Å². The Morgan fingerprint density at radius 1 is 1.25 bits per heavy atom. The zero-order valence-electron chi connectivity index (χ0n) is 8.63. The van der Waals surface area contributed by atoms with Gasteiger partial charge in [0.25, 0.3) is 0 Å². The number of rotatable bonds is 2. The van der Waals surface area contributed by atoms with Gasteiger partial charge in [0.05, 0.1) is 5.71 Å². The van der Waals surface area contributed by atoms with Gasteiger partial charge in [-0.1, -0.05) is 23.7 Å². The van der Waals surface area contributed by atoms with Gasteiger partial charge in [0.15, 0.2) is 0 Å². The Morgan fingerprint density at radius 2 is 1.94 bits per heavy atom. The molecule has 0 aliphatic heterocycles. The third kappa shape index (κ3) is 2.39. The Morgan fingerprint density at radius 3 is 2.56 bits per heavy atom. The first-order chi connectivity index (χ1) is 7.66. The van der Waals surface area contributed by atoms with Crippen molar-refractivity contribution in [2.45, 2.75) is 12.8 Å². The first-order valence-electron chi connectivity index (χ1n) is 5.08. The molecule has 0 radical (unpaired) electrons. The van der Waals surface area contributed by atoms with Gasteiger partial charge in [0, 0.05) is 5.02 Å². The third-order valence-electron chi connectivity index (χ3n) is 2.52. The third-order valence-corrected chi connectivity index (χ3v) is 2.77. The lowest BCUT2D eigenvalue weighted by atomic mass is 9.95. The fourth-order valence-electron chi connectivity index (χ4n) is 1.66. The van der Waals surface area contributed by atoms with Crippen molar-refractivity contribution in [2.75, 3.05) is 0 Å². The zero-order valence-corrected chi connectivity index (χ0v) is 9.39. The summed E-state index contributed by atoms with van der Waals surface area (Å²) in [6, 6.07) is 7.03. The van der Waals surface area contributed by atoms with E-state index in [1.54, 1.807) is 30.3 Å². The van der Waals surface area contributed by atoms with E-state index in [9.17, 15) is 4.39 Å². The van der Waals surface area contributed by atoms with Crippen LogP contribution in [0.2, 0.25) is 5.02 Å². The molecule has 0 saturated heterocycles. The van der Waals surface area contributed by atoms with Gasteiger partial charge in [-0.05, 0) is 48.3 Å². The van der Waals surface area contributed by atoms with Crippen LogP contribution in [0.5, 0.6) is 0 Å². The maximum atomic E-state index is 13.0. The topological polar surface area (TPSA) is 23.9 Å². The number of nitrogens with one attached hydrogen (secondary N) is 1. The molecule has 0 fully saturated rings. The molecule has 3 heteroatoms. The highest BCUT2D eigenvalue weighted by Crippen LogP contribution is 2.22. The molecular formula is C13H11ClFN. The second-order valence-electron chi connectivity index (χ2n) is 3.68. The Kier molecular flexibility index (Phi) is 3.20. The Labute approximate surface area is 98.8 Å². The SMILES string of the molecule is N=C(C1=CC(F)=CCC1)c1ccc(Cl)cc1. The molecule has 0 amide bonds. The molecule has 1 aliphatic carbocycles. The van der Waals surface area contributed by atoms with Crippen molar-refractivity contribution >= 4 is 17.3 Å². The van der Waals surface area contributed by atoms with E-state index in [1.165, 1.54) is 6.08 Å². The summed E-state index contributed by atoms with van der Waals surface area (Å²) in [7, 11) is 0. The standard InChI is InChI=1S/C13H11ClFN/c14-11-6-4-9(5-7-11)13(16)10-2-1-3-12(15)8-10/h3-8,16H,1-2H2. The summed E-state index contributed by atoms with van der Waals surface area (Å²) in [5.41, 5.74) is 1.88. The lowest BCUT2D eigenvalue weighted by Crippen LogP contribution is -2.05. The Hall–Kier alpha value is -1.41. The van der Waals surface area contributed by atoms with Crippen LogP contribution in [0.25, 0.3) is 0 Å². The first kappa shape index (κ1) is 11.1. The van der Waals surface area contributed by atoms with E-state index in [0.717, 1.165) is 17.6 Å². The van der Waals surface area contributed by atoms with Crippen LogP contribution < -0.4 is 0 Å². The van der Waals surface area contributed by atoms with Crippen molar-refractivity contribution in [2.24, 2.45) is 0 Å². The number of allylic oxidation sites excluding steroid dienone is 4. The van der Waals surface area contributed by atoms with Crippen LogP contribution in [0.15, 0.2) is 47.8 Å². The molecule has 16 heavy (non-hydrogen) atoms. The molecule has 0 unspecified atom stereocenters. The molecule has 0 atom stereocenters. The highest BCUT2D eigenvalue weighted by molar-refractivity contribution is 6.30. The molecule has 82 valence electrons. The second-order valence-corrected chi connectivity index (χ2v) is 4.12. The molecular weight excluding hydrogens is 225 g/mol. The summed E-state index contributed by atoms with van der Waals surface area (Å²) in [4.78, 5) is 0. The molecule has 1 aliphatic rings. The van der Waals surface area contributed by atoms with Crippen molar-refractivity contribution in [3.8, 4) is 0 Å². The van der Waals surface area contributed by atoms with Gasteiger partial charge in [-0.15, -0.1) is 0 Å². The van der Waals surface area contributed by atoms with E-state index in [2.05, 4.69) is 0 Å². The minimum Gasteiger partial charge on any atom is -0.300 e. The normalized spacial score (nSPS) is 15.4. The minimum atomic E-state index is -0.250. The lowest BCUT2D eigenvalue weighted by molar-refractivity contribution is 0.650. The summed E-state index contributed by atoms with van der Waals surface area (Å²) in [6.45, 7) is 0. The van der Waals surface area contributed by atoms with Gasteiger partial charge in [-0.3, -0.25) is 5.41 Å². The van der Waals surface area contributed by atoms with Gasteiger partial charge in [0.2, 0.25) is 0 Å². The predicted molar refractivity (Wildman–Crippen MR) is 64.8 cm³/mol. The fraction of sp³-hybridized carbons (Fsp3) is 0.154. The average molecular weight is 236 g/mol. The van der Waals surface area contributed by atoms with Crippen LogP contribution in [0.4, 0.5) is 4.39 Å². The first-order valence-corrected chi connectivity index (χ1v) is 5.46. The summed E-state index contributed by atoms with van der Waals surface area (Å²) in [5.74, 6) is -0.250. The number of benzene rings is 1. The maximum Gasteiger partial charge on any atom is 0.119 e. The number of hydrogen-bond donors (Lipinski definition) is 1. The number of hydrogen-bond acceptors (Lipinski definition) is 1. The van der Waals surface area contributed by atoms with Crippen LogP contribution >= 0.6 is 11.6 Å². The van der Waals surface area contributed by atoms with E-state index in [4.69, 9.17) is 17.0 Å². The second kappa shape index (κ2) is 4.62. The van der Waals surface area contributed by atoms with Crippen molar-refractivity contribution in [1.29, 1.82) is 5.41 Å². The van der Waals surface area contributed by atoms with Gasteiger partial charge >= 0.3 is 0 Å². The largest absolute Gasteiger partial charge is 0.300 e. The summed E-state index contributed by atoms with van der Waals surface area (Å²) in [6.07, 6.45) is 4.35. The quantitative estimate of drug-likeness (QED) is 0.740. The molecule has 0 bridgehead atoms. The summed E-state index contributed by atoms with van der Waals surface area (Å²) >= 11 is 5.77. The van der Waals surface area contributed by atoms with Crippen molar-refractivity contribution in [3.63, 3.8) is 0 Å². The molecule has 0 spiro atoms. The van der Waals surface area contributed by atoms with Crippen LogP contribution in [0.3, 0.4) is 0 Å². The monoisotopic (exact) mass is 235 g/mol. The van der Waals surface area contributed by atoms with E-state index in [1.807, 2.05) is 0 Å². The van der Waals surface area contributed by atoms with Crippen LogP contribution in [0, 0.1) is 5.41 Å². The van der Waals surface area contributed by atoms with Crippen LogP contribution in [-0.2, 0) is 0 Å². The molecule has 1 N–H and O–H groups in total. The summed E-state index contributed by atoms with van der Waals surface area (Å²) in [5, 5.41) is 8.62. The molecule has 2 rings (SSSR count). The molecule has 0 aromatic heterocycles. The highest BCUT2D eigenvalue weighted by Gasteiger charge is 2.11. The smallest absolute Gasteiger partial charge is 0.119 e. The Bertz CT molecular complexity index is 471. The Balaban J connectivity index is 2.26.